The number of ether oxygens (including phenoxy) is 1. The van der Waals surface area contributed by atoms with Gasteiger partial charge in [0.25, 0.3) is 0 Å². The highest BCUT2D eigenvalue weighted by Crippen LogP contribution is 2.27. The first-order chi connectivity index (χ1) is 9.20. The van der Waals surface area contributed by atoms with E-state index in [4.69, 9.17) is 4.74 Å². The van der Waals surface area contributed by atoms with Gasteiger partial charge in [-0.15, -0.1) is 11.8 Å². The molecule has 0 radical (unpaired) electrons. The molecule has 1 aromatic rings. The van der Waals surface area contributed by atoms with E-state index in [0.29, 0.717) is 5.56 Å². The van der Waals surface area contributed by atoms with Crippen molar-refractivity contribution in [1.29, 1.82) is 0 Å². The SMILES string of the molecule is COC(=O)c1cc(C)ccc1SCC1=CCCC=C1. The van der Waals surface area contributed by atoms with Gasteiger partial charge in [0.05, 0.1) is 12.7 Å². The highest BCUT2D eigenvalue weighted by atomic mass is 32.2. The topological polar surface area (TPSA) is 26.3 Å². The number of carbonyl (C=O) groups is 1. The number of esters is 1. The maximum absolute atomic E-state index is 11.8. The molecule has 1 aliphatic rings. The van der Waals surface area contributed by atoms with Crippen LogP contribution in [0.3, 0.4) is 0 Å². The zero-order chi connectivity index (χ0) is 13.7. The van der Waals surface area contributed by atoms with Crippen molar-refractivity contribution in [3.63, 3.8) is 0 Å². The van der Waals surface area contributed by atoms with E-state index < -0.39 is 0 Å². The Morgan fingerprint density at radius 2 is 2.21 bits per heavy atom. The Bertz CT molecular complexity index is 530. The molecular formula is C16H18O2S. The summed E-state index contributed by atoms with van der Waals surface area (Å²) in [6, 6.07) is 5.92. The van der Waals surface area contributed by atoms with Crippen LogP contribution >= 0.6 is 11.8 Å². The highest BCUT2D eigenvalue weighted by Gasteiger charge is 2.12. The molecule has 19 heavy (non-hydrogen) atoms. The Hall–Kier alpha value is -1.48. The standard InChI is InChI=1S/C16H18O2S/c1-12-8-9-15(14(10-12)16(17)18-2)19-11-13-6-4-3-5-7-13/h4,6-10H,3,5,11H2,1-2H3. The van der Waals surface area contributed by atoms with Crippen molar-refractivity contribution in [1.82, 2.24) is 0 Å². The number of hydrogen-bond acceptors (Lipinski definition) is 3. The van der Waals surface area contributed by atoms with Crippen LogP contribution in [0.5, 0.6) is 0 Å². The van der Waals surface area contributed by atoms with Gasteiger partial charge in [-0.05, 0) is 37.5 Å². The van der Waals surface area contributed by atoms with Gasteiger partial charge in [0.2, 0.25) is 0 Å². The fourth-order valence-electron chi connectivity index (χ4n) is 1.97. The Labute approximate surface area is 118 Å². The van der Waals surface area contributed by atoms with Gasteiger partial charge in [0.1, 0.15) is 0 Å². The van der Waals surface area contributed by atoms with Crippen molar-refractivity contribution in [2.24, 2.45) is 0 Å². The van der Waals surface area contributed by atoms with Crippen LogP contribution in [0.15, 0.2) is 46.9 Å². The van der Waals surface area contributed by atoms with Crippen molar-refractivity contribution in [2.45, 2.75) is 24.7 Å². The van der Waals surface area contributed by atoms with E-state index in [9.17, 15) is 4.79 Å². The van der Waals surface area contributed by atoms with Gasteiger partial charge in [-0.2, -0.15) is 0 Å². The van der Waals surface area contributed by atoms with Gasteiger partial charge in [0.15, 0.2) is 0 Å². The van der Waals surface area contributed by atoms with Crippen molar-refractivity contribution >= 4 is 17.7 Å². The average Bonchev–Trinajstić information content (AvgIpc) is 2.46. The van der Waals surface area contributed by atoms with E-state index in [1.165, 1.54) is 12.7 Å². The van der Waals surface area contributed by atoms with Crippen molar-refractivity contribution in [2.75, 3.05) is 12.9 Å². The van der Waals surface area contributed by atoms with Gasteiger partial charge >= 0.3 is 5.97 Å². The van der Waals surface area contributed by atoms with E-state index in [2.05, 4.69) is 18.2 Å². The van der Waals surface area contributed by atoms with E-state index in [1.54, 1.807) is 11.8 Å². The third-order valence-electron chi connectivity index (χ3n) is 3.01. The van der Waals surface area contributed by atoms with Crippen LogP contribution in [-0.4, -0.2) is 18.8 Å². The molecule has 0 saturated heterocycles. The monoisotopic (exact) mass is 274 g/mol. The molecule has 0 heterocycles. The first-order valence-corrected chi connectivity index (χ1v) is 7.36. The quantitative estimate of drug-likeness (QED) is 0.609. The van der Waals surface area contributed by atoms with E-state index in [0.717, 1.165) is 29.1 Å². The lowest BCUT2D eigenvalue weighted by Crippen LogP contribution is -2.04. The van der Waals surface area contributed by atoms with Gasteiger partial charge < -0.3 is 4.74 Å². The van der Waals surface area contributed by atoms with Crippen LogP contribution in [0, 0.1) is 6.92 Å². The normalized spacial score (nSPS) is 14.1. The summed E-state index contributed by atoms with van der Waals surface area (Å²) in [6.45, 7) is 1.98. The smallest absolute Gasteiger partial charge is 0.339 e. The summed E-state index contributed by atoms with van der Waals surface area (Å²) in [5.41, 5.74) is 3.06. The number of thioether (sulfide) groups is 1. The summed E-state index contributed by atoms with van der Waals surface area (Å²) in [6.07, 6.45) is 8.88. The number of aryl methyl sites for hydroxylation is 1. The molecule has 2 nitrogen and oxygen atoms in total. The minimum absolute atomic E-state index is 0.264. The molecule has 1 aromatic carbocycles. The first kappa shape index (κ1) is 13.9. The second-order valence-corrected chi connectivity index (χ2v) is 5.56. The van der Waals surface area contributed by atoms with Crippen LogP contribution in [0.1, 0.15) is 28.8 Å². The number of benzene rings is 1. The van der Waals surface area contributed by atoms with Crippen molar-refractivity contribution in [3.05, 3.63) is 53.1 Å². The van der Waals surface area contributed by atoms with Crippen LogP contribution < -0.4 is 0 Å². The summed E-state index contributed by atoms with van der Waals surface area (Å²) in [5, 5.41) is 0. The molecule has 0 fully saturated rings. The maximum atomic E-state index is 11.8. The zero-order valence-corrected chi connectivity index (χ0v) is 12.1. The van der Waals surface area contributed by atoms with E-state index >= 15 is 0 Å². The number of allylic oxidation sites excluding steroid dienone is 3. The average molecular weight is 274 g/mol. The minimum Gasteiger partial charge on any atom is -0.465 e. The zero-order valence-electron chi connectivity index (χ0n) is 11.3. The second-order valence-electron chi connectivity index (χ2n) is 4.54. The molecule has 0 atom stereocenters. The predicted molar refractivity (Wildman–Crippen MR) is 79.7 cm³/mol. The summed E-state index contributed by atoms with van der Waals surface area (Å²) in [7, 11) is 1.42. The van der Waals surface area contributed by atoms with Crippen molar-refractivity contribution < 1.29 is 9.53 Å². The van der Waals surface area contributed by atoms with Gasteiger partial charge in [0, 0.05) is 10.6 Å². The molecule has 0 N–H and O–H groups in total. The molecule has 0 amide bonds. The summed E-state index contributed by atoms with van der Waals surface area (Å²) >= 11 is 1.69. The molecule has 0 bridgehead atoms. The highest BCUT2D eigenvalue weighted by molar-refractivity contribution is 7.99. The molecular weight excluding hydrogens is 256 g/mol. The van der Waals surface area contributed by atoms with Crippen LogP contribution in [-0.2, 0) is 4.74 Å². The van der Waals surface area contributed by atoms with Crippen LogP contribution in [0.25, 0.3) is 0 Å². The Morgan fingerprint density at radius 3 is 2.89 bits per heavy atom. The van der Waals surface area contributed by atoms with Crippen molar-refractivity contribution in [3.8, 4) is 0 Å². The summed E-state index contributed by atoms with van der Waals surface area (Å²) in [4.78, 5) is 12.8. The Balaban J connectivity index is 2.13. The number of hydrogen-bond donors (Lipinski definition) is 0. The van der Waals surface area contributed by atoms with Crippen LogP contribution in [0.2, 0.25) is 0 Å². The lowest BCUT2D eigenvalue weighted by molar-refractivity contribution is 0.0596. The molecule has 0 unspecified atom stereocenters. The molecule has 0 aliphatic heterocycles. The van der Waals surface area contributed by atoms with E-state index in [-0.39, 0.29) is 5.97 Å². The number of carbonyl (C=O) groups excluding carboxylic acids is 1. The Kier molecular flexibility index (Phi) is 4.86. The lowest BCUT2D eigenvalue weighted by Gasteiger charge is -2.10. The maximum Gasteiger partial charge on any atom is 0.339 e. The first-order valence-electron chi connectivity index (χ1n) is 6.38. The minimum atomic E-state index is -0.264. The largest absolute Gasteiger partial charge is 0.465 e. The van der Waals surface area contributed by atoms with Gasteiger partial charge in [-0.1, -0.05) is 29.9 Å². The summed E-state index contributed by atoms with van der Waals surface area (Å²) in [5.74, 6) is 0.628. The van der Waals surface area contributed by atoms with Gasteiger partial charge in [-0.3, -0.25) is 0 Å². The third-order valence-corrected chi connectivity index (χ3v) is 4.15. The number of methoxy groups -OCH3 is 1. The fourth-order valence-corrected chi connectivity index (χ4v) is 2.97. The van der Waals surface area contributed by atoms with Crippen LogP contribution in [0.4, 0.5) is 0 Å². The molecule has 0 spiro atoms. The molecule has 0 aromatic heterocycles. The molecule has 2 rings (SSSR count). The molecule has 1 aliphatic carbocycles. The van der Waals surface area contributed by atoms with Gasteiger partial charge in [-0.25, -0.2) is 4.79 Å². The molecule has 0 saturated carbocycles. The lowest BCUT2D eigenvalue weighted by atomic mass is 10.1. The second kappa shape index (κ2) is 6.62. The Morgan fingerprint density at radius 1 is 1.37 bits per heavy atom. The molecule has 3 heteroatoms. The fraction of sp³-hybridized carbons (Fsp3) is 0.312. The summed E-state index contributed by atoms with van der Waals surface area (Å²) < 4.78 is 4.84. The molecule has 100 valence electrons. The predicted octanol–water partition coefficient (Wildman–Crippen LogP) is 4.15. The van der Waals surface area contributed by atoms with E-state index in [1.807, 2.05) is 25.1 Å². The third kappa shape index (κ3) is 3.74. The number of rotatable bonds is 4.